The van der Waals surface area contributed by atoms with Crippen LogP contribution in [0.3, 0.4) is 0 Å². The molecule has 1 amide bonds. The van der Waals surface area contributed by atoms with Crippen LogP contribution in [0.15, 0.2) is 30.3 Å². The zero-order chi connectivity index (χ0) is 16.1. The molecule has 2 saturated heterocycles. The van der Waals surface area contributed by atoms with Crippen molar-refractivity contribution in [2.24, 2.45) is 5.73 Å². The fourth-order valence-electron chi connectivity index (χ4n) is 3.47. The molecule has 23 heavy (non-hydrogen) atoms. The fraction of sp³-hybridized carbons (Fsp3) is 0.588. The van der Waals surface area contributed by atoms with E-state index in [1.807, 2.05) is 0 Å². The van der Waals surface area contributed by atoms with Crippen molar-refractivity contribution in [3.63, 3.8) is 0 Å². The number of nitrogens with zero attached hydrogens (tertiary/aromatic N) is 2. The number of carbonyl (C=O) groups is 1. The monoisotopic (exact) mass is 319 g/mol. The molecule has 2 aliphatic rings. The van der Waals surface area contributed by atoms with E-state index in [1.54, 1.807) is 0 Å². The molecule has 2 atom stereocenters. The number of primary amides is 1. The van der Waals surface area contributed by atoms with Gasteiger partial charge in [0.05, 0.1) is 18.8 Å². The number of fused-ring (bicyclic) bond motifs is 2. The highest BCUT2D eigenvalue weighted by atomic mass is 16.5. The predicted molar refractivity (Wildman–Crippen MR) is 87.0 cm³/mol. The van der Waals surface area contributed by atoms with Crippen molar-refractivity contribution in [1.29, 1.82) is 0 Å². The molecule has 2 bridgehead atoms. The Labute approximate surface area is 137 Å². The zero-order valence-corrected chi connectivity index (χ0v) is 13.4. The number of hydrogen-bond donors (Lipinski definition) is 1. The van der Waals surface area contributed by atoms with Gasteiger partial charge in [-0.15, -0.1) is 0 Å². The van der Waals surface area contributed by atoms with Crippen LogP contribution in [0, 0.1) is 0 Å². The lowest BCUT2D eigenvalue weighted by atomic mass is 10.1. The van der Waals surface area contributed by atoms with Gasteiger partial charge in [-0.05, 0) is 12.0 Å². The van der Waals surface area contributed by atoms with Crippen molar-refractivity contribution in [1.82, 2.24) is 9.80 Å². The average molecular weight is 319 g/mol. The van der Waals surface area contributed by atoms with Gasteiger partial charge in [0.15, 0.2) is 0 Å². The second-order valence-electron chi connectivity index (χ2n) is 6.34. The Morgan fingerprint density at radius 2 is 1.78 bits per heavy atom. The van der Waals surface area contributed by atoms with Crippen molar-refractivity contribution < 1.29 is 14.3 Å². The molecule has 2 aliphatic heterocycles. The Morgan fingerprint density at radius 3 is 2.43 bits per heavy atom. The highest BCUT2D eigenvalue weighted by molar-refractivity contribution is 5.64. The van der Waals surface area contributed by atoms with Gasteiger partial charge < -0.3 is 15.2 Å². The normalized spacial score (nSPS) is 25.2. The molecule has 2 heterocycles. The lowest BCUT2D eigenvalue weighted by Gasteiger charge is -2.46. The molecule has 1 aromatic rings. The van der Waals surface area contributed by atoms with E-state index in [4.69, 9.17) is 15.2 Å². The molecular formula is C17H25N3O3. The van der Waals surface area contributed by atoms with Crippen LogP contribution in [0.2, 0.25) is 0 Å². The number of hydrogen-bond acceptors (Lipinski definition) is 5. The van der Waals surface area contributed by atoms with E-state index < -0.39 is 6.09 Å². The van der Waals surface area contributed by atoms with Crippen LogP contribution in [0.4, 0.5) is 4.79 Å². The highest BCUT2D eigenvalue weighted by Crippen LogP contribution is 2.20. The maximum Gasteiger partial charge on any atom is 0.404 e. The summed E-state index contributed by atoms with van der Waals surface area (Å²) >= 11 is 0. The van der Waals surface area contributed by atoms with Crippen LogP contribution in [0.25, 0.3) is 0 Å². The van der Waals surface area contributed by atoms with E-state index in [9.17, 15) is 4.79 Å². The van der Waals surface area contributed by atoms with Crippen LogP contribution < -0.4 is 5.73 Å². The van der Waals surface area contributed by atoms with Crippen LogP contribution >= 0.6 is 0 Å². The number of rotatable bonds is 6. The van der Waals surface area contributed by atoms with Crippen LogP contribution in [-0.4, -0.2) is 67.4 Å². The Bertz CT molecular complexity index is 497. The second kappa shape index (κ2) is 7.77. The summed E-state index contributed by atoms with van der Waals surface area (Å²) in [5, 5.41) is 0. The van der Waals surface area contributed by atoms with Crippen LogP contribution in [0.1, 0.15) is 12.0 Å². The van der Waals surface area contributed by atoms with Crippen molar-refractivity contribution in [2.75, 3.05) is 39.3 Å². The number of carbonyl (C=O) groups excluding carboxylic acids is 1. The summed E-state index contributed by atoms with van der Waals surface area (Å²) in [6.07, 6.45) is 0.655. The lowest BCUT2D eigenvalue weighted by Crippen LogP contribution is -2.59. The van der Waals surface area contributed by atoms with Crippen molar-refractivity contribution in [3.05, 3.63) is 35.9 Å². The Kier molecular flexibility index (Phi) is 5.48. The van der Waals surface area contributed by atoms with Gasteiger partial charge in [0.2, 0.25) is 0 Å². The van der Waals surface area contributed by atoms with Gasteiger partial charge in [0, 0.05) is 39.3 Å². The summed E-state index contributed by atoms with van der Waals surface area (Å²) in [4.78, 5) is 15.5. The van der Waals surface area contributed by atoms with E-state index >= 15 is 0 Å². The molecule has 3 rings (SSSR count). The minimum Gasteiger partial charge on any atom is -0.450 e. The molecule has 0 aromatic heterocycles. The first kappa shape index (κ1) is 16.2. The molecule has 6 heteroatoms. The molecule has 0 radical (unpaired) electrons. The standard InChI is InChI=1S/C17H25N3O3/c18-17(21)22-8-4-7-19-10-15-12-20(13-16(11-19)23-15)9-14-5-2-1-3-6-14/h1-3,5-6,15-16H,4,7-13H2,(H2,18,21). The van der Waals surface area contributed by atoms with E-state index in [0.29, 0.717) is 6.61 Å². The molecule has 2 fully saturated rings. The van der Waals surface area contributed by atoms with E-state index in [-0.39, 0.29) is 12.2 Å². The largest absolute Gasteiger partial charge is 0.450 e. The molecular weight excluding hydrogens is 294 g/mol. The summed E-state index contributed by atoms with van der Waals surface area (Å²) in [6.45, 7) is 6.13. The maximum absolute atomic E-state index is 10.6. The number of nitrogens with two attached hydrogens (primary N) is 1. The first-order valence-corrected chi connectivity index (χ1v) is 8.25. The second-order valence-corrected chi connectivity index (χ2v) is 6.34. The third kappa shape index (κ3) is 4.92. The van der Waals surface area contributed by atoms with E-state index in [2.05, 4.69) is 40.1 Å². The van der Waals surface area contributed by atoms with E-state index in [0.717, 1.165) is 45.7 Å². The molecule has 0 spiro atoms. The first-order chi connectivity index (χ1) is 11.2. The molecule has 0 aliphatic carbocycles. The van der Waals surface area contributed by atoms with E-state index in [1.165, 1.54) is 5.56 Å². The van der Waals surface area contributed by atoms with Crippen molar-refractivity contribution in [2.45, 2.75) is 25.2 Å². The number of morpholine rings is 2. The summed E-state index contributed by atoms with van der Waals surface area (Å²) in [6, 6.07) is 10.6. The van der Waals surface area contributed by atoms with Gasteiger partial charge in [-0.2, -0.15) is 0 Å². The topological polar surface area (TPSA) is 68.0 Å². The molecule has 2 N–H and O–H groups in total. The maximum atomic E-state index is 10.6. The molecule has 0 saturated carbocycles. The predicted octanol–water partition coefficient (Wildman–Crippen LogP) is 1.06. The van der Waals surface area contributed by atoms with Crippen LogP contribution in [-0.2, 0) is 16.0 Å². The zero-order valence-electron chi connectivity index (χ0n) is 13.4. The Balaban J connectivity index is 1.43. The molecule has 1 aromatic carbocycles. The highest BCUT2D eigenvalue weighted by Gasteiger charge is 2.34. The van der Waals surface area contributed by atoms with Crippen LogP contribution in [0.5, 0.6) is 0 Å². The SMILES string of the molecule is NC(=O)OCCCN1CC2CN(Cc3ccccc3)CC(C1)O2. The third-order valence-electron chi connectivity index (χ3n) is 4.34. The smallest absolute Gasteiger partial charge is 0.404 e. The molecule has 2 unspecified atom stereocenters. The minimum absolute atomic E-state index is 0.267. The van der Waals surface area contributed by atoms with Gasteiger partial charge in [-0.3, -0.25) is 9.80 Å². The van der Waals surface area contributed by atoms with Gasteiger partial charge in [-0.25, -0.2) is 4.79 Å². The average Bonchev–Trinajstić information content (AvgIpc) is 2.51. The van der Waals surface area contributed by atoms with Gasteiger partial charge in [-0.1, -0.05) is 30.3 Å². The molecule has 6 nitrogen and oxygen atoms in total. The summed E-state index contributed by atoms with van der Waals surface area (Å²) < 4.78 is 10.9. The third-order valence-corrected chi connectivity index (χ3v) is 4.34. The summed E-state index contributed by atoms with van der Waals surface area (Å²) in [5.74, 6) is 0. The summed E-state index contributed by atoms with van der Waals surface area (Å²) in [5.41, 5.74) is 6.32. The fourth-order valence-corrected chi connectivity index (χ4v) is 3.47. The Hall–Kier alpha value is -1.63. The number of benzene rings is 1. The van der Waals surface area contributed by atoms with Gasteiger partial charge >= 0.3 is 6.09 Å². The van der Waals surface area contributed by atoms with Crippen molar-refractivity contribution >= 4 is 6.09 Å². The lowest BCUT2D eigenvalue weighted by molar-refractivity contribution is -0.140. The Morgan fingerprint density at radius 1 is 1.13 bits per heavy atom. The molecule has 126 valence electrons. The van der Waals surface area contributed by atoms with Crippen molar-refractivity contribution in [3.8, 4) is 0 Å². The number of ether oxygens (including phenoxy) is 2. The van der Waals surface area contributed by atoms with Gasteiger partial charge in [0.25, 0.3) is 0 Å². The summed E-state index contributed by atoms with van der Waals surface area (Å²) in [7, 11) is 0. The first-order valence-electron chi connectivity index (χ1n) is 8.25. The number of amides is 1. The quantitative estimate of drug-likeness (QED) is 0.794. The van der Waals surface area contributed by atoms with Gasteiger partial charge in [0.1, 0.15) is 0 Å². The minimum atomic E-state index is -0.694.